The van der Waals surface area contributed by atoms with Crippen molar-refractivity contribution in [2.24, 2.45) is 0 Å². The molecule has 1 saturated heterocycles. The van der Waals surface area contributed by atoms with Crippen molar-refractivity contribution in [2.75, 3.05) is 11.9 Å². The molecule has 1 fully saturated rings. The second kappa shape index (κ2) is 4.40. The fourth-order valence-electron chi connectivity index (χ4n) is 1.46. The van der Waals surface area contributed by atoms with Crippen LogP contribution < -0.4 is 5.32 Å². The summed E-state index contributed by atoms with van der Waals surface area (Å²) in [6.07, 6.45) is 0.981. The molecule has 0 bridgehead atoms. The van der Waals surface area contributed by atoms with E-state index in [1.807, 2.05) is 13.0 Å². The predicted octanol–water partition coefficient (Wildman–Crippen LogP) is 0.687. The summed E-state index contributed by atoms with van der Waals surface area (Å²) >= 11 is 0. The second-order valence-corrected chi connectivity index (χ2v) is 3.68. The maximum Gasteiger partial charge on any atom is 0.262 e. The second-order valence-electron chi connectivity index (χ2n) is 3.68. The Balaban J connectivity index is 2.02. The summed E-state index contributed by atoms with van der Waals surface area (Å²) in [5.74, 6) is -0.192. The Morgan fingerprint density at radius 3 is 2.94 bits per heavy atom. The lowest BCUT2D eigenvalue weighted by Crippen LogP contribution is -2.32. The van der Waals surface area contributed by atoms with Gasteiger partial charge < -0.3 is 10.1 Å². The highest BCUT2D eigenvalue weighted by Crippen LogP contribution is 2.11. The molecule has 16 heavy (non-hydrogen) atoms. The predicted molar refractivity (Wildman–Crippen MR) is 57.0 cm³/mol. The Bertz CT molecular complexity index is 414. The molecule has 1 atom stereocenters. The van der Waals surface area contributed by atoms with Crippen LogP contribution in [0.15, 0.2) is 18.3 Å². The zero-order valence-corrected chi connectivity index (χ0v) is 8.90. The highest BCUT2D eigenvalue weighted by Gasteiger charge is 2.32. The number of nitrogens with one attached hydrogen (secondary N) is 1. The van der Waals surface area contributed by atoms with Gasteiger partial charge in [0.2, 0.25) is 0 Å². The van der Waals surface area contributed by atoms with Crippen LogP contribution in [0, 0.1) is 6.92 Å². The molecule has 84 valence electrons. The Hall–Kier alpha value is -1.75. The molecular formula is C11H12N2O3. The van der Waals surface area contributed by atoms with Gasteiger partial charge in [0.25, 0.3) is 5.91 Å². The van der Waals surface area contributed by atoms with Crippen molar-refractivity contribution in [1.29, 1.82) is 0 Å². The molecule has 0 spiro atoms. The van der Waals surface area contributed by atoms with Gasteiger partial charge >= 0.3 is 0 Å². The molecule has 1 aliphatic heterocycles. The normalized spacial score (nSPS) is 19.8. The molecule has 5 nitrogen and oxygen atoms in total. The SMILES string of the molecule is Cc1ccc(NC(=O)C2OCCC2=O)nc1. The zero-order chi connectivity index (χ0) is 11.5. The van der Waals surface area contributed by atoms with Gasteiger partial charge in [0.05, 0.1) is 6.61 Å². The molecule has 2 heterocycles. The number of ether oxygens (including phenoxy) is 1. The van der Waals surface area contributed by atoms with E-state index in [9.17, 15) is 9.59 Å². The number of pyridine rings is 1. The number of ketones is 1. The van der Waals surface area contributed by atoms with Gasteiger partial charge in [-0.25, -0.2) is 4.98 Å². The van der Waals surface area contributed by atoms with E-state index in [0.29, 0.717) is 18.8 Å². The van der Waals surface area contributed by atoms with Crippen LogP contribution in [0.2, 0.25) is 0 Å². The van der Waals surface area contributed by atoms with Crippen LogP contribution in [-0.2, 0) is 14.3 Å². The molecule has 0 radical (unpaired) electrons. The average Bonchev–Trinajstić information content (AvgIpc) is 2.68. The lowest BCUT2D eigenvalue weighted by atomic mass is 10.2. The number of anilines is 1. The van der Waals surface area contributed by atoms with E-state index in [1.54, 1.807) is 12.3 Å². The number of Topliss-reactive ketones (excluding diaryl/α,β-unsaturated/α-hetero) is 1. The number of carbonyl (C=O) groups excluding carboxylic acids is 2. The van der Waals surface area contributed by atoms with E-state index in [0.717, 1.165) is 5.56 Å². The van der Waals surface area contributed by atoms with Crippen LogP contribution in [0.3, 0.4) is 0 Å². The third-order valence-electron chi connectivity index (χ3n) is 2.33. The number of amides is 1. The quantitative estimate of drug-likeness (QED) is 0.744. The summed E-state index contributed by atoms with van der Waals surface area (Å²) in [6, 6.07) is 3.52. The van der Waals surface area contributed by atoms with E-state index >= 15 is 0 Å². The van der Waals surface area contributed by atoms with Crippen molar-refractivity contribution < 1.29 is 14.3 Å². The molecule has 1 aromatic rings. The average molecular weight is 220 g/mol. The molecule has 1 unspecified atom stereocenters. The van der Waals surface area contributed by atoms with Crippen molar-refractivity contribution in [1.82, 2.24) is 4.98 Å². The fraction of sp³-hybridized carbons (Fsp3) is 0.364. The van der Waals surface area contributed by atoms with E-state index in [2.05, 4.69) is 10.3 Å². The molecule has 1 aliphatic rings. The largest absolute Gasteiger partial charge is 0.360 e. The van der Waals surface area contributed by atoms with Crippen LogP contribution >= 0.6 is 0 Å². The van der Waals surface area contributed by atoms with Crippen LogP contribution in [0.4, 0.5) is 5.82 Å². The summed E-state index contributed by atoms with van der Waals surface area (Å²) in [7, 11) is 0. The Morgan fingerprint density at radius 1 is 1.56 bits per heavy atom. The standard InChI is InChI=1S/C11H12N2O3/c1-7-2-3-9(12-6-7)13-11(15)10-8(14)4-5-16-10/h2-3,6,10H,4-5H2,1H3,(H,12,13,15). The van der Waals surface area contributed by atoms with Crippen molar-refractivity contribution >= 4 is 17.5 Å². The van der Waals surface area contributed by atoms with Gasteiger partial charge in [-0.15, -0.1) is 0 Å². The number of nitrogens with zero attached hydrogens (tertiary/aromatic N) is 1. The number of hydrogen-bond acceptors (Lipinski definition) is 4. The fourth-order valence-corrected chi connectivity index (χ4v) is 1.46. The first-order chi connectivity index (χ1) is 7.66. The third kappa shape index (κ3) is 2.25. The van der Waals surface area contributed by atoms with Gasteiger partial charge in [-0.3, -0.25) is 9.59 Å². The lowest BCUT2D eigenvalue weighted by Gasteiger charge is -2.08. The first-order valence-electron chi connectivity index (χ1n) is 5.04. The highest BCUT2D eigenvalue weighted by atomic mass is 16.5. The molecule has 1 N–H and O–H groups in total. The van der Waals surface area contributed by atoms with Crippen molar-refractivity contribution in [3.63, 3.8) is 0 Å². The number of aromatic nitrogens is 1. The number of hydrogen-bond donors (Lipinski definition) is 1. The van der Waals surface area contributed by atoms with Crippen LogP contribution in [-0.4, -0.2) is 29.4 Å². The summed E-state index contributed by atoms with van der Waals surface area (Å²) in [4.78, 5) is 26.9. The minimum Gasteiger partial charge on any atom is -0.360 e. The maximum absolute atomic E-state index is 11.6. The zero-order valence-electron chi connectivity index (χ0n) is 8.90. The first kappa shape index (κ1) is 10.8. The van der Waals surface area contributed by atoms with Gasteiger partial charge in [0.15, 0.2) is 11.9 Å². The lowest BCUT2D eigenvalue weighted by molar-refractivity contribution is -0.133. The van der Waals surface area contributed by atoms with Crippen LogP contribution in [0.1, 0.15) is 12.0 Å². The summed E-state index contributed by atoms with van der Waals surface area (Å²) < 4.78 is 5.03. The molecule has 0 aromatic carbocycles. The summed E-state index contributed by atoms with van der Waals surface area (Å²) in [6.45, 7) is 2.22. The number of carbonyl (C=O) groups is 2. The van der Waals surface area contributed by atoms with Gasteiger partial charge in [0, 0.05) is 12.6 Å². The van der Waals surface area contributed by atoms with Gasteiger partial charge in [-0.1, -0.05) is 6.07 Å². The van der Waals surface area contributed by atoms with E-state index < -0.39 is 12.0 Å². The highest BCUT2D eigenvalue weighted by molar-refractivity contribution is 6.10. The molecule has 0 aliphatic carbocycles. The molecule has 0 saturated carbocycles. The van der Waals surface area contributed by atoms with E-state index in [1.165, 1.54) is 0 Å². The number of aryl methyl sites for hydroxylation is 1. The maximum atomic E-state index is 11.6. The van der Waals surface area contributed by atoms with Crippen LogP contribution in [0.5, 0.6) is 0 Å². The van der Waals surface area contributed by atoms with Gasteiger partial charge in [-0.05, 0) is 18.6 Å². The Labute approximate surface area is 92.8 Å². The molecule has 5 heteroatoms. The van der Waals surface area contributed by atoms with Crippen molar-refractivity contribution in [2.45, 2.75) is 19.4 Å². The topological polar surface area (TPSA) is 68.3 Å². The van der Waals surface area contributed by atoms with Crippen molar-refractivity contribution in [3.8, 4) is 0 Å². The van der Waals surface area contributed by atoms with E-state index in [-0.39, 0.29) is 5.78 Å². The number of rotatable bonds is 2. The molecule has 1 aromatic heterocycles. The van der Waals surface area contributed by atoms with Gasteiger partial charge in [0.1, 0.15) is 5.82 Å². The van der Waals surface area contributed by atoms with Gasteiger partial charge in [-0.2, -0.15) is 0 Å². The minimum absolute atomic E-state index is 0.176. The summed E-state index contributed by atoms with van der Waals surface area (Å²) in [5, 5.41) is 2.55. The Kier molecular flexibility index (Phi) is 2.96. The monoisotopic (exact) mass is 220 g/mol. The molecular weight excluding hydrogens is 208 g/mol. The molecule has 2 rings (SSSR count). The molecule has 1 amide bonds. The first-order valence-corrected chi connectivity index (χ1v) is 5.04. The smallest absolute Gasteiger partial charge is 0.262 e. The van der Waals surface area contributed by atoms with Crippen molar-refractivity contribution in [3.05, 3.63) is 23.9 Å². The Morgan fingerprint density at radius 2 is 2.38 bits per heavy atom. The summed E-state index contributed by atoms with van der Waals surface area (Å²) in [5.41, 5.74) is 1.01. The minimum atomic E-state index is -0.969. The van der Waals surface area contributed by atoms with Crippen LogP contribution in [0.25, 0.3) is 0 Å². The third-order valence-corrected chi connectivity index (χ3v) is 2.33. The van der Waals surface area contributed by atoms with E-state index in [4.69, 9.17) is 4.74 Å².